The maximum atomic E-state index is 12.3. The van der Waals surface area contributed by atoms with Crippen LogP contribution < -0.4 is 10.6 Å². The Morgan fingerprint density at radius 1 is 1.00 bits per heavy atom. The number of halogens is 1. The van der Waals surface area contributed by atoms with Crippen molar-refractivity contribution >= 4 is 35.0 Å². The molecule has 146 valence electrons. The van der Waals surface area contributed by atoms with Gasteiger partial charge in [0.15, 0.2) is 0 Å². The highest BCUT2D eigenvalue weighted by atomic mass is 35.5. The number of carbonyl (C=O) groups excluding carboxylic acids is 1. The van der Waals surface area contributed by atoms with Crippen LogP contribution in [0.3, 0.4) is 0 Å². The third-order valence-electron chi connectivity index (χ3n) is 5.28. The van der Waals surface area contributed by atoms with Crippen LogP contribution in [0.4, 0.5) is 5.82 Å². The van der Waals surface area contributed by atoms with Gasteiger partial charge in [-0.25, -0.2) is 4.98 Å². The van der Waals surface area contributed by atoms with Crippen LogP contribution in [0.15, 0.2) is 54.9 Å². The van der Waals surface area contributed by atoms with Crippen molar-refractivity contribution in [3.63, 3.8) is 0 Å². The third kappa shape index (κ3) is 4.60. The Balaban J connectivity index is 0.00000225. The molecule has 4 rings (SSSR count). The minimum Gasteiger partial charge on any atom is -0.367 e. The van der Waals surface area contributed by atoms with Crippen LogP contribution >= 0.6 is 12.4 Å². The molecule has 2 N–H and O–H groups in total. The Labute approximate surface area is 171 Å². The molecule has 3 aromatic rings. The number of aryl methyl sites for hydroxylation is 1. The lowest BCUT2D eigenvalue weighted by atomic mass is 9.91. The number of nitrogens with zero attached hydrogens (tertiary/aromatic N) is 2. The zero-order chi connectivity index (χ0) is 18.6. The number of anilines is 1. The van der Waals surface area contributed by atoms with E-state index in [4.69, 9.17) is 4.98 Å². The second kappa shape index (κ2) is 9.02. The summed E-state index contributed by atoms with van der Waals surface area (Å²) in [5.41, 5.74) is 2.93. The van der Waals surface area contributed by atoms with Gasteiger partial charge < -0.3 is 10.6 Å². The molecule has 1 fully saturated rings. The van der Waals surface area contributed by atoms with E-state index < -0.39 is 0 Å². The van der Waals surface area contributed by atoms with Crippen molar-refractivity contribution in [2.24, 2.45) is 0 Å². The average Bonchev–Trinajstić information content (AvgIpc) is 2.70. The van der Waals surface area contributed by atoms with E-state index in [1.807, 2.05) is 12.1 Å². The highest BCUT2D eigenvalue weighted by Gasteiger charge is 2.23. The van der Waals surface area contributed by atoms with E-state index in [1.165, 1.54) is 10.9 Å². The summed E-state index contributed by atoms with van der Waals surface area (Å²) < 4.78 is 0. The Morgan fingerprint density at radius 3 is 2.43 bits per heavy atom. The maximum Gasteiger partial charge on any atom is 0.251 e. The van der Waals surface area contributed by atoms with Crippen molar-refractivity contribution in [2.45, 2.75) is 44.7 Å². The molecule has 1 saturated carbocycles. The molecule has 1 aliphatic carbocycles. The molecule has 2 aromatic heterocycles. The number of rotatable bonds is 4. The summed E-state index contributed by atoms with van der Waals surface area (Å²) in [4.78, 5) is 21.0. The van der Waals surface area contributed by atoms with Crippen LogP contribution in [0, 0.1) is 6.92 Å². The fraction of sp³-hybridized carbons (Fsp3) is 0.318. The molecular formula is C22H25ClN4O. The first-order chi connectivity index (χ1) is 13.2. The maximum absolute atomic E-state index is 12.3. The normalized spacial score (nSPS) is 18.9. The molecule has 1 amide bonds. The molecule has 1 aliphatic rings. The van der Waals surface area contributed by atoms with Gasteiger partial charge in [-0.2, -0.15) is 0 Å². The fourth-order valence-corrected chi connectivity index (χ4v) is 3.79. The van der Waals surface area contributed by atoms with Gasteiger partial charge in [-0.15, -0.1) is 12.4 Å². The first-order valence-corrected chi connectivity index (χ1v) is 9.53. The SMILES string of the molecule is Cc1cc(N[C@H]2CC[C@@H](NC(=O)c3ccncc3)CC2)nc2ccccc12.Cl. The Bertz CT molecular complexity index is 940. The lowest BCUT2D eigenvalue weighted by Crippen LogP contribution is -2.40. The number of benzene rings is 1. The summed E-state index contributed by atoms with van der Waals surface area (Å²) in [6.07, 6.45) is 7.29. The summed E-state index contributed by atoms with van der Waals surface area (Å²) in [5, 5.41) is 7.93. The summed E-state index contributed by atoms with van der Waals surface area (Å²) in [5.74, 6) is 0.927. The van der Waals surface area contributed by atoms with Crippen LogP contribution in [0.25, 0.3) is 10.9 Å². The molecule has 5 nitrogen and oxygen atoms in total. The lowest BCUT2D eigenvalue weighted by Gasteiger charge is -2.30. The van der Waals surface area contributed by atoms with E-state index in [-0.39, 0.29) is 24.4 Å². The molecule has 0 saturated heterocycles. The average molecular weight is 397 g/mol. The quantitative estimate of drug-likeness (QED) is 0.680. The van der Waals surface area contributed by atoms with Crippen LogP contribution in [-0.2, 0) is 0 Å². The minimum atomic E-state index is -0.0133. The van der Waals surface area contributed by atoms with Crippen molar-refractivity contribution in [1.82, 2.24) is 15.3 Å². The zero-order valence-electron chi connectivity index (χ0n) is 15.9. The molecule has 1 aromatic carbocycles. The van der Waals surface area contributed by atoms with Crippen LogP contribution in [0.5, 0.6) is 0 Å². The number of carbonyl (C=O) groups is 1. The van der Waals surface area contributed by atoms with E-state index in [0.29, 0.717) is 11.6 Å². The number of nitrogens with one attached hydrogen (secondary N) is 2. The highest BCUT2D eigenvalue weighted by Crippen LogP contribution is 2.25. The van der Waals surface area contributed by atoms with Gasteiger partial charge in [-0.1, -0.05) is 18.2 Å². The van der Waals surface area contributed by atoms with E-state index in [2.05, 4.69) is 40.7 Å². The smallest absolute Gasteiger partial charge is 0.251 e. The van der Waals surface area contributed by atoms with Crippen molar-refractivity contribution in [3.05, 3.63) is 66.0 Å². The van der Waals surface area contributed by atoms with Crippen LogP contribution in [0.2, 0.25) is 0 Å². The number of amides is 1. The van der Waals surface area contributed by atoms with Gasteiger partial charge in [0.25, 0.3) is 5.91 Å². The topological polar surface area (TPSA) is 66.9 Å². The number of hydrogen-bond acceptors (Lipinski definition) is 4. The van der Waals surface area contributed by atoms with Gasteiger partial charge in [0.05, 0.1) is 5.52 Å². The fourth-order valence-electron chi connectivity index (χ4n) is 3.79. The standard InChI is InChI=1S/C22H24N4O.ClH/c1-15-14-21(26-20-5-3-2-4-19(15)20)24-17-6-8-18(9-7-17)25-22(27)16-10-12-23-13-11-16;/h2-5,10-14,17-18H,6-9H2,1H3,(H,24,26)(H,25,27);1H/t17-,18+;. The van der Waals surface area contributed by atoms with Crippen molar-refractivity contribution in [3.8, 4) is 0 Å². The molecule has 0 unspecified atom stereocenters. The van der Waals surface area contributed by atoms with E-state index in [0.717, 1.165) is 37.0 Å². The Morgan fingerprint density at radius 2 is 1.68 bits per heavy atom. The predicted octanol–water partition coefficient (Wildman–Crippen LogP) is 4.51. The van der Waals surface area contributed by atoms with Crippen molar-refractivity contribution < 1.29 is 4.79 Å². The van der Waals surface area contributed by atoms with Gasteiger partial charge in [-0.05, 0) is 62.4 Å². The molecular weight excluding hydrogens is 372 g/mol. The molecule has 0 radical (unpaired) electrons. The van der Waals surface area contributed by atoms with Crippen molar-refractivity contribution in [1.29, 1.82) is 0 Å². The molecule has 0 spiro atoms. The van der Waals surface area contributed by atoms with Crippen molar-refractivity contribution in [2.75, 3.05) is 5.32 Å². The number of pyridine rings is 2. The molecule has 0 aliphatic heterocycles. The van der Waals surface area contributed by atoms with E-state index in [1.54, 1.807) is 24.5 Å². The van der Waals surface area contributed by atoms with E-state index in [9.17, 15) is 4.79 Å². The Hall–Kier alpha value is -2.66. The molecule has 0 atom stereocenters. The van der Waals surface area contributed by atoms with Gasteiger partial charge >= 0.3 is 0 Å². The molecule has 6 heteroatoms. The molecule has 2 heterocycles. The van der Waals surface area contributed by atoms with Gasteiger partial charge in [0.1, 0.15) is 5.82 Å². The largest absolute Gasteiger partial charge is 0.367 e. The number of fused-ring (bicyclic) bond motifs is 1. The summed E-state index contributed by atoms with van der Waals surface area (Å²) in [6.45, 7) is 2.13. The first-order valence-electron chi connectivity index (χ1n) is 9.53. The number of hydrogen-bond donors (Lipinski definition) is 2. The van der Waals surface area contributed by atoms with Crippen LogP contribution in [0.1, 0.15) is 41.6 Å². The third-order valence-corrected chi connectivity index (χ3v) is 5.28. The Kier molecular flexibility index (Phi) is 6.47. The van der Waals surface area contributed by atoms with Gasteiger partial charge in [0, 0.05) is 35.4 Å². The zero-order valence-corrected chi connectivity index (χ0v) is 16.7. The monoisotopic (exact) mass is 396 g/mol. The second-order valence-electron chi connectivity index (χ2n) is 7.24. The lowest BCUT2D eigenvalue weighted by molar-refractivity contribution is 0.0926. The second-order valence-corrected chi connectivity index (χ2v) is 7.24. The van der Waals surface area contributed by atoms with Gasteiger partial charge in [-0.3, -0.25) is 9.78 Å². The summed E-state index contributed by atoms with van der Waals surface area (Å²) in [7, 11) is 0. The van der Waals surface area contributed by atoms with Crippen LogP contribution in [-0.4, -0.2) is 28.0 Å². The number of para-hydroxylation sites is 1. The van der Waals surface area contributed by atoms with E-state index >= 15 is 0 Å². The summed E-state index contributed by atoms with van der Waals surface area (Å²) >= 11 is 0. The molecule has 0 bridgehead atoms. The highest BCUT2D eigenvalue weighted by molar-refractivity contribution is 5.94. The first kappa shape index (κ1) is 20.1. The minimum absolute atomic E-state index is 0. The number of aromatic nitrogens is 2. The molecule has 28 heavy (non-hydrogen) atoms. The van der Waals surface area contributed by atoms with Gasteiger partial charge in [0.2, 0.25) is 0 Å². The predicted molar refractivity (Wildman–Crippen MR) is 115 cm³/mol. The summed E-state index contributed by atoms with van der Waals surface area (Å²) in [6, 6.07) is 14.5.